The van der Waals surface area contributed by atoms with Crippen molar-refractivity contribution >= 4 is 5.69 Å². The van der Waals surface area contributed by atoms with Crippen LogP contribution in [-0.2, 0) is 0 Å². The molecule has 0 spiro atoms. The van der Waals surface area contributed by atoms with E-state index in [1.807, 2.05) is 24.8 Å². The van der Waals surface area contributed by atoms with Gasteiger partial charge in [-0.3, -0.25) is 0 Å². The molecule has 2 nitrogen and oxygen atoms in total. The molecule has 0 amide bonds. The van der Waals surface area contributed by atoms with E-state index in [0.717, 1.165) is 0 Å². The smallest absolute Gasteiger partial charge is 0.146 e. The topological polar surface area (TPSA) is 23.5 Å². The molecule has 1 saturated heterocycles. The van der Waals surface area contributed by atoms with E-state index in [4.69, 9.17) is 0 Å². The molecule has 2 rings (SSSR count). The Kier molecular flexibility index (Phi) is 2.43. The van der Waals surface area contributed by atoms with Crippen molar-refractivity contribution in [3.05, 3.63) is 30.1 Å². The fraction of sp³-hybridized carbons (Fsp3) is 0.500. The molecule has 15 heavy (non-hydrogen) atoms. The normalized spacial score (nSPS) is 24.5. The summed E-state index contributed by atoms with van der Waals surface area (Å²) < 4.78 is 13.6. The van der Waals surface area contributed by atoms with E-state index >= 15 is 0 Å². The molecule has 1 atom stereocenters. The van der Waals surface area contributed by atoms with Crippen LogP contribution >= 0.6 is 0 Å². The van der Waals surface area contributed by atoms with Gasteiger partial charge in [0.25, 0.3) is 0 Å². The maximum absolute atomic E-state index is 13.6. The standard InChI is InChI=1S/C12H16FNO/c1-12(2)11(15)7-8-14(12)10-6-4-3-5-9(10)13/h3-6,11,15H,7-8H2,1-2H3. The minimum atomic E-state index is -0.392. The second kappa shape index (κ2) is 3.49. The van der Waals surface area contributed by atoms with Gasteiger partial charge in [-0.2, -0.15) is 0 Å². The number of hydrogen-bond donors (Lipinski definition) is 1. The van der Waals surface area contributed by atoms with Gasteiger partial charge in [-0.25, -0.2) is 4.39 Å². The highest BCUT2D eigenvalue weighted by Crippen LogP contribution is 2.34. The van der Waals surface area contributed by atoms with E-state index in [2.05, 4.69) is 0 Å². The van der Waals surface area contributed by atoms with Gasteiger partial charge in [0.05, 0.1) is 17.3 Å². The molecule has 1 aromatic carbocycles. The summed E-state index contributed by atoms with van der Waals surface area (Å²) in [6.07, 6.45) is 0.304. The summed E-state index contributed by atoms with van der Waals surface area (Å²) in [6.45, 7) is 4.59. The number of rotatable bonds is 1. The van der Waals surface area contributed by atoms with Crippen molar-refractivity contribution in [1.29, 1.82) is 0 Å². The number of halogens is 1. The van der Waals surface area contributed by atoms with Crippen molar-refractivity contribution in [3.63, 3.8) is 0 Å². The SMILES string of the molecule is CC1(C)C(O)CCN1c1ccccc1F. The van der Waals surface area contributed by atoms with Gasteiger partial charge in [-0.05, 0) is 32.4 Å². The highest BCUT2D eigenvalue weighted by Gasteiger charge is 2.40. The largest absolute Gasteiger partial charge is 0.391 e. The highest BCUT2D eigenvalue weighted by molar-refractivity contribution is 5.51. The first-order valence-corrected chi connectivity index (χ1v) is 5.23. The first-order valence-electron chi connectivity index (χ1n) is 5.23. The number of para-hydroxylation sites is 1. The minimum absolute atomic E-state index is 0.223. The van der Waals surface area contributed by atoms with Crippen LogP contribution in [0.2, 0.25) is 0 Å². The number of aliphatic hydroxyl groups is 1. The van der Waals surface area contributed by atoms with Gasteiger partial charge in [-0.15, -0.1) is 0 Å². The van der Waals surface area contributed by atoms with Gasteiger partial charge in [0.2, 0.25) is 0 Å². The minimum Gasteiger partial charge on any atom is -0.391 e. The van der Waals surface area contributed by atoms with Crippen molar-refractivity contribution < 1.29 is 9.50 Å². The third kappa shape index (κ3) is 1.61. The summed E-state index contributed by atoms with van der Waals surface area (Å²) in [4.78, 5) is 1.94. The van der Waals surface area contributed by atoms with Crippen molar-refractivity contribution in [2.45, 2.75) is 31.9 Å². The van der Waals surface area contributed by atoms with E-state index in [0.29, 0.717) is 18.7 Å². The number of hydrogen-bond acceptors (Lipinski definition) is 2. The quantitative estimate of drug-likeness (QED) is 0.766. The molecule has 1 aliphatic heterocycles. The second-order valence-corrected chi connectivity index (χ2v) is 4.56. The van der Waals surface area contributed by atoms with Gasteiger partial charge >= 0.3 is 0 Å². The number of aliphatic hydroxyl groups excluding tert-OH is 1. The first kappa shape index (κ1) is 10.4. The lowest BCUT2D eigenvalue weighted by Gasteiger charge is -2.35. The molecule has 1 unspecified atom stereocenters. The van der Waals surface area contributed by atoms with Gasteiger partial charge < -0.3 is 10.0 Å². The zero-order valence-electron chi connectivity index (χ0n) is 9.07. The van der Waals surface area contributed by atoms with E-state index in [1.54, 1.807) is 12.1 Å². The molecule has 82 valence electrons. The van der Waals surface area contributed by atoms with Gasteiger partial charge in [0.15, 0.2) is 0 Å². The lowest BCUT2D eigenvalue weighted by Crippen LogP contribution is -2.45. The van der Waals surface area contributed by atoms with E-state index < -0.39 is 6.10 Å². The van der Waals surface area contributed by atoms with Crippen LogP contribution in [0.15, 0.2) is 24.3 Å². The first-order chi connectivity index (χ1) is 7.03. The Morgan fingerprint density at radius 3 is 2.60 bits per heavy atom. The molecule has 0 aromatic heterocycles. The Morgan fingerprint density at radius 2 is 2.07 bits per heavy atom. The second-order valence-electron chi connectivity index (χ2n) is 4.56. The van der Waals surface area contributed by atoms with E-state index in [-0.39, 0.29) is 11.4 Å². The lowest BCUT2D eigenvalue weighted by atomic mass is 9.98. The molecular weight excluding hydrogens is 193 g/mol. The Labute approximate surface area is 89.3 Å². The van der Waals surface area contributed by atoms with Gasteiger partial charge in [0, 0.05) is 6.54 Å². The number of nitrogens with zero attached hydrogens (tertiary/aromatic N) is 1. The molecular formula is C12H16FNO. The van der Waals surface area contributed by atoms with Gasteiger partial charge in [-0.1, -0.05) is 12.1 Å². The molecule has 0 aliphatic carbocycles. The van der Waals surface area contributed by atoms with E-state index in [1.165, 1.54) is 6.07 Å². The van der Waals surface area contributed by atoms with Gasteiger partial charge in [0.1, 0.15) is 5.82 Å². The van der Waals surface area contributed by atoms with Crippen molar-refractivity contribution in [2.24, 2.45) is 0 Å². The van der Waals surface area contributed by atoms with Crippen LogP contribution in [0.1, 0.15) is 20.3 Å². The Balaban J connectivity index is 2.37. The van der Waals surface area contributed by atoms with Crippen molar-refractivity contribution in [2.75, 3.05) is 11.4 Å². The van der Waals surface area contributed by atoms with E-state index in [9.17, 15) is 9.50 Å². The summed E-state index contributed by atoms with van der Waals surface area (Å²) in [7, 11) is 0. The van der Waals surface area contributed by atoms with Crippen LogP contribution in [0.25, 0.3) is 0 Å². The maximum Gasteiger partial charge on any atom is 0.146 e. The van der Waals surface area contributed by atoms with Crippen molar-refractivity contribution in [3.8, 4) is 0 Å². The molecule has 3 heteroatoms. The molecule has 1 heterocycles. The molecule has 0 bridgehead atoms. The lowest BCUT2D eigenvalue weighted by molar-refractivity contribution is 0.127. The number of benzene rings is 1. The van der Waals surface area contributed by atoms with Crippen LogP contribution in [0.4, 0.5) is 10.1 Å². The summed E-state index contributed by atoms with van der Waals surface area (Å²) >= 11 is 0. The third-order valence-corrected chi connectivity index (χ3v) is 3.28. The predicted molar refractivity (Wildman–Crippen MR) is 58.4 cm³/mol. The summed E-state index contributed by atoms with van der Waals surface area (Å²) in [5.74, 6) is -0.223. The maximum atomic E-state index is 13.6. The molecule has 1 aliphatic rings. The molecule has 1 aromatic rings. The monoisotopic (exact) mass is 209 g/mol. The van der Waals surface area contributed by atoms with Crippen LogP contribution in [0.5, 0.6) is 0 Å². The fourth-order valence-electron chi connectivity index (χ4n) is 2.17. The van der Waals surface area contributed by atoms with Crippen molar-refractivity contribution in [1.82, 2.24) is 0 Å². The summed E-state index contributed by atoms with van der Waals surface area (Å²) in [5, 5.41) is 9.82. The summed E-state index contributed by atoms with van der Waals surface area (Å²) in [6, 6.07) is 6.71. The Bertz CT molecular complexity index is 364. The Morgan fingerprint density at radius 1 is 1.40 bits per heavy atom. The van der Waals surface area contributed by atoms with Crippen LogP contribution in [0, 0.1) is 5.82 Å². The average molecular weight is 209 g/mol. The summed E-state index contributed by atoms with van der Waals surface area (Å²) in [5.41, 5.74) is 0.196. The molecule has 0 saturated carbocycles. The molecule has 0 radical (unpaired) electrons. The highest BCUT2D eigenvalue weighted by atomic mass is 19.1. The third-order valence-electron chi connectivity index (χ3n) is 3.28. The number of anilines is 1. The Hall–Kier alpha value is -1.09. The van der Waals surface area contributed by atoms with Crippen LogP contribution in [0.3, 0.4) is 0 Å². The zero-order valence-corrected chi connectivity index (χ0v) is 9.07. The predicted octanol–water partition coefficient (Wildman–Crippen LogP) is 2.18. The molecule has 1 N–H and O–H groups in total. The van der Waals surface area contributed by atoms with Crippen LogP contribution in [-0.4, -0.2) is 23.3 Å². The fourth-order valence-corrected chi connectivity index (χ4v) is 2.17. The van der Waals surface area contributed by atoms with Crippen LogP contribution < -0.4 is 4.90 Å². The average Bonchev–Trinajstić information content (AvgIpc) is 2.44. The molecule has 1 fully saturated rings. The zero-order chi connectivity index (χ0) is 11.1.